The first-order valence-corrected chi connectivity index (χ1v) is 3.67. The zero-order valence-electron chi connectivity index (χ0n) is 6.43. The fraction of sp³-hybridized carbons (Fsp3) is 0.625. The van der Waals surface area contributed by atoms with Gasteiger partial charge in [-0.2, -0.15) is 0 Å². The van der Waals surface area contributed by atoms with Crippen molar-refractivity contribution in [3.05, 3.63) is 11.6 Å². The number of carbonyl (C=O) groups is 1. The van der Waals surface area contributed by atoms with E-state index in [2.05, 4.69) is 0 Å². The summed E-state index contributed by atoms with van der Waals surface area (Å²) in [4.78, 5) is 10.4. The number of carboxylic acid groups (broad SMARTS) is 1. The highest BCUT2D eigenvalue weighted by molar-refractivity contribution is 5.81. The number of allylic oxidation sites excluding steroid dienone is 1. The summed E-state index contributed by atoms with van der Waals surface area (Å²) >= 11 is 0. The van der Waals surface area contributed by atoms with Gasteiger partial charge in [-0.05, 0) is 31.8 Å². The first kappa shape index (κ1) is 8.24. The van der Waals surface area contributed by atoms with Gasteiger partial charge in [-0.3, -0.25) is 0 Å². The van der Waals surface area contributed by atoms with E-state index in [0.717, 1.165) is 19.8 Å². The van der Waals surface area contributed by atoms with Crippen LogP contribution in [-0.4, -0.2) is 16.7 Å². The maximum atomic E-state index is 13.3. The summed E-state index contributed by atoms with van der Waals surface area (Å²) in [6.07, 6.45) is 3.96. The number of rotatable bonds is 2. The first-order chi connectivity index (χ1) is 5.05. The van der Waals surface area contributed by atoms with E-state index in [0.29, 0.717) is 12.0 Å². The molecule has 0 fully saturated rings. The largest absolute Gasteiger partial charge is 0.479 e. The van der Waals surface area contributed by atoms with Crippen LogP contribution in [-0.2, 0) is 4.79 Å². The zero-order valence-corrected chi connectivity index (χ0v) is 6.43. The van der Waals surface area contributed by atoms with E-state index in [1.165, 1.54) is 0 Å². The molecule has 1 N–H and O–H groups in total. The molecular weight excluding hydrogens is 147 g/mol. The second-order valence-corrected chi connectivity index (χ2v) is 2.93. The van der Waals surface area contributed by atoms with Crippen LogP contribution in [0.15, 0.2) is 11.6 Å². The van der Waals surface area contributed by atoms with E-state index >= 15 is 0 Å². The van der Waals surface area contributed by atoms with Crippen LogP contribution in [0, 0.1) is 0 Å². The summed E-state index contributed by atoms with van der Waals surface area (Å²) in [5.74, 6) is -1.38. The summed E-state index contributed by atoms with van der Waals surface area (Å²) in [6.45, 7) is 1.10. The number of hydrogen-bond donors (Lipinski definition) is 1. The van der Waals surface area contributed by atoms with Crippen LogP contribution >= 0.6 is 0 Å². The summed E-state index contributed by atoms with van der Waals surface area (Å²) in [7, 11) is 0. The zero-order chi connectivity index (χ0) is 8.48. The van der Waals surface area contributed by atoms with Gasteiger partial charge in [0.15, 0.2) is 0 Å². The Morgan fingerprint density at radius 2 is 2.45 bits per heavy atom. The van der Waals surface area contributed by atoms with Gasteiger partial charge in [0.1, 0.15) is 0 Å². The van der Waals surface area contributed by atoms with Gasteiger partial charge in [0.25, 0.3) is 0 Å². The molecule has 0 amide bonds. The summed E-state index contributed by atoms with van der Waals surface area (Å²) in [6, 6.07) is 0. The monoisotopic (exact) mass is 158 g/mol. The third kappa shape index (κ3) is 1.42. The predicted molar refractivity (Wildman–Crippen MR) is 39.1 cm³/mol. The van der Waals surface area contributed by atoms with Crippen molar-refractivity contribution >= 4 is 5.97 Å². The van der Waals surface area contributed by atoms with E-state index in [1.54, 1.807) is 6.08 Å². The first-order valence-electron chi connectivity index (χ1n) is 3.67. The van der Waals surface area contributed by atoms with Gasteiger partial charge < -0.3 is 5.11 Å². The Kier molecular flexibility index (Phi) is 1.98. The van der Waals surface area contributed by atoms with Gasteiger partial charge in [-0.25, -0.2) is 9.18 Å². The standard InChI is InChI=1S/C8H11FO2/c1-8(9,7(10)11)6-4-2-3-5-6/h4H,2-3,5H2,1H3,(H,10,11). The van der Waals surface area contributed by atoms with Crippen molar-refractivity contribution < 1.29 is 14.3 Å². The molecule has 0 aromatic carbocycles. The Labute approximate surface area is 64.7 Å². The minimum absolute atomic E-state index is 0.421. The lowest BCUT2D eigenvalue weighted by molar-refractivity contribution is -0.147. The van der Waals surface area contributed by atoms with Crippen molar-refractivity contribution in [1.82, 2.24) is 0 Å². The molecule has 3 heteroatoms. The van der Waals surface area contributed by atoms with Gasteiger partial charge in [0.2, 0.25) is 5.67 Å². The highest BCUT2D eigenvalue weighted by Gasteiger charge is 2.37. The van der Waals surface area contributed by atoms with E-state index in [1.807, 2.05) is 0 Å². The maximum Gasteiger partial charge on any atom is 0.345 e. The molecule has 0 heterocycles. The highest BCUT2D eigenvalue weighted by Crippen LogP contribution is 2.31. The quantitative estimate of drug-likeness (QED) is 0.623. The Bertz CT molecular complexity index is 206. The van der Waals surface area contributed by atoms with Crippen molar-refractivity contribution in [2.45, 2.75) is 31.9 Å². The Morgan fingerprint density at radius 1 is 1.82 bits per heavy atom. The van der Waals surface area contributed by atoms with E-state index in [4.69, 9.17) is 5.11 Å². The van der Waals surface area contributed by atoms with Crippen LogP contribution in [0.25, 0.3) is 0 Å². The SMILES string of the molecule is CC(F)(C(=O)O)C1=CCCC1. The molecule has 0 spiro atoms. The molecule has 1 atom stereocenters. The smallest absolute Gasteiger partial charge is 0.345 e. The molecule has 1 rings (SSSR count). The Hall–Kier alpha value is -0.860. The van der Waals surface area contributed by atoms with E-state index in [-0.39, 0.29) is 0 Å². The third-order valence-corrected chi connectivity index (χ3v) is 2.05. The molecule has 0 radical (unpaired) electrons. The van der Waals surface area contributed by atoms with E-state index < -0.39 is 11.6 Å². The van der Waals surface area contributed by atoms with Gasteiger partial charge in [0, 0.05) is 0 Å². The van der Waals surface area contributed by atoms with Gasteiger partial charge >= 0.3 is 5.97 Å². The minimum atomic E-state index is -2.14. The second-order valence-electron chi connectivity index (χ2n) is 2.93. The minimum Gasteiger partial charge on any atom is -0.479 e. The number of aliphatic carboxylic acids is 1. The molecule has 0 aliphatic heterocycles. The molecule has 0 aromatic rings. The lowest BCUT2D eigenvalue weighted by atomic mass is 9.98. The van der Waals surface area contributed by atoms with Crippen molar-refractivity contribution in [3.63, 3.8) is 0 Å². The van der Waals surface area contributed by atoms with Gasteiger partial charge in [-0.15, -0.1) is 0 Å². The second kappa shape index (κ2) is 2.64. The lowest BCUT2D eigenvalue weighted by Crippen LogP contribution is -2.31. The molecule has 62 valence electrons. The average molecular weight is 158 g/mol. The molecule has 0 bridgehead atoms. The summed E-state index contributed by atoms with van der Waals surface area (Å²) in [5.41, 5.74) is -1.72. The van der Waals surface area contributed by atoms with Crippen molar-refractivity contribution in [2.75, 3.05) is 0 Å². The summed E-state index contributed by atoms with van der Waals surface area (Å²) in [5, 5.41) is 8.49. The van der Waals surface area contributed by atoms with Crippen molar-refractivity contribution in [1.29, 1.82) is 0 Å². The van der Waals surface area contributed by atoms with Crippen LogP contribution in [0.4, 0.5) is 4.39 Å². The molecule has 0 saturated heterocycles. The Balaban J connectivity index is 2.79. The molecular formula is C8H11FO2. The molecule has 2 nitrogen and oxygen atoms in total. The molecule has 1 aliphatic carbocycles. The topological polar surface area (TPSA) is 37.3 Å². The van der Waals surface area contributed by atoms with Crippen LogP contribution in [0.1, 0.15) is 26.2 Å². The fourth-order valence-electron chi connectivity index (χ4n) is 1.23. The Morgan fingerprint density at radius 3 is 2.82 bits per heavy atom. The average Bonchev–Trinajstić information content (AvgIpc) is 2.37. The van der Waals surface area contributed by atoms with Crippen LogP contribution < -0.4 is 0 Å². The molecule has 11 heavy (non-hydrogen) atoms. The molecule has 1 unspecified atom stereocenters. The maximum absolute atomic E-state index is 13.3. The number of carboxylic acids is 1. The molecule has 1 aliphatic rings. The van der Waals surface area contributed by atoms with Crippen molar-refractivity contribution in [2.24, 2.45) is 0 Å². The van der Waals surface area contributed by atoms with Crippen molar-refractivity contribution in [3.8, 4) is 0 Å². The van der Waals surface area contributed by atoms with Crippen LogP contribution in [0.3, 0.4) is 0 Å². The highest BCUT2D eigenvalue weighted by atomic mass is 19.1. The third-order valence-electron chi connectivity index (χ3n) is 2.05. The number of hydrogen-bond acceptors (Lipinski definition) is 1. The van der Waals surface area contributed by atoms with Gasteiger partial charge in [0.05, 0.1) is 0 Å². The lowest BCUT2D eigenvalue weighted by Gasteiger charge is -2.15. The molecule has 0 aromatic heterocycles. The molecule has 0 saturated carbocycles. The number of alkyl halides is 1. The fourth-order valence-corrected chi connectivity index (χ4v) is 1.23. The van der Waals surface area contributed by atoms with Gasteiger partial charge in [-0.1, -0.05) is 6.08 Å². The van der Waals surface area contributed by atoms with E-state index in [9.17, 15) is 9.18 Å². The number of halogens is 1. The summed E-state index contributed by atoms with van der Waals surface area (Å²) < 4.78 is 13.3. The predicted octanol–water partition coefficient (Wildman–Crippen LogP) is 1.91. The van der Waals surface area contributed by atoms with Crippen LogP contribution in [0.5, 0.6) is 0 Å². The van der Waals surface area contributed by atoms with Crippen LogP contribution in [0.2, 0.25) is 0 Å². The normalized spacial score (nSPS) is 22.5.